The summed E-state index contributed by atoms with van der Waals surface area (Å²) in [6.07, 6.45) is 1.23. The lowest BCUT2D eigenvalue weighted by Crippen LogP contribution is -2.50. The smallest absolute Gasteiger partial charge is 0.410 e. The van der Waals surface area contributed by atoms with Crippen LogP contribution >= 0.6 is 0 Å². The number of benzene rings is 2. The van der Waals surface area contributed by atoms with E-state index in [0.29, 0.717) is 32.1 Å². The van der Waals surface area contributed by atoms with Gasteiger partial charge in [-0.15, -0.1) is 0 Å². The van der Waals surface area contributed by atoms with Gasteiger partial charge in [0.2, 0.25) is 5.88 Å². The molecule has 0 bridgehead atoms. The molecule has 1 aromatic heterocycles. The molecule has 2 aromatic carbocycles. The van der Waals surface area contributed by atoms with Crippen LogP contribution in [0.15, 0.2) is 54.9 Å². The second-order valence-electron chi connectivity index (χ2n) is 8.28. The predicted octanol–water partition coefficient (Wildman–Crippen LogP) is 4.48. The van der Waals surface area contributed by atoms with Gasteiger partial charge in [0.05, 0.1) is 0 Å². The van der Waals surface area contributed by atoms with E-state index in [-0.39, 0.29) is 6.09 Å². The van der Waals surface area contributed by atoms with Crippen molar-refractivity contribution in [2.24, 2.45) is 0 Å². The largest absolute Gasteiger partial charge is 0.444 e. The zero-order chi connectivity index (χ0) is 21.1. The van der Waals surface area contributed by atoms with Crippen LogP contribution in [0.5, 0.6) is 11.6 Å². The van der Waals surface area contributed by atoms with Crippen molar-refractivity contribution in [3.63, 3.8) is 0 Å². The predicted molar refractivity (Wildman–Crippen MR) is 116 cm³/mol. The molecule has 7 heteroatoms. The summed E-state index contributed by atoms with van der Waals surface area (Å²) < 4.78 is 11.4. The molecule has 156 valence electrons. The summed E-state index contributed by atoms with van der Waals surface area (Å²) in [5, 5.41) is 2.28. The Hall–Kier alpha value is -3.35. The standard InChI is InChI=1S/C23H26N4O3/c1-23(2,3)30-22(28)27-12-10-26(11-13-27)20-15-21(25-16-24-20)29-19-9-8-17-6-4-5-7-18(17)14-19/h4-9,14-16H,10-13H2,1-3H3. The topological polar surface area (TPSA) is 67.8 Å². The highest BCUT2D eigenvalue weighted by Crippen LogP contribution is 2.26. The van der Waals surface area contributed by atoms with Gasteiger partial charge in [-0.25, -0.2) is 14.8 Å². The van der Waals surface area contributed by atoms with Crippen molar-refractivity contribution in [1.82, 2.24) is 14.9 Å². The van der Waals surface area contributed by atoms with Crippen LogP contribution in [-0.2, 0) is 4.74 Å². The van der Waals surface area contributed by atoms with Gasteiger partial charge in [0.1, 0.15) is 23.5 Å². The molecule has 30 heavy (non-hydrogen) atoms. The summed E-state index contributed by atoms with van der Waals surface area (Å²) in [5.41, 5.74) is -0.490. The van der Waals surface area contributed by atoms with Gasteiger partial charge in [0.15, 0.2) is 0 Å². The van der Waals surface area contributed by atoms with Crippen LogP contribution in [0, 0.1) is 0 Å². The molecule has 1 fully saturated rings. The minimum Gasteiger partial charge on any atom is -0.444 e. The number of carbonyl (C=O) groups is 1. The van der Waals surface area contributed by atoms with Crippen molar-refractivity contribution < 1.29 is 14.3 Å². The Morgan fingerprint density at radius 1 is 0.933 bits per heavy atom. The second-order valence-corrected chi connectivity index (χ2v) is 8.28. The van der Waals surface area contributed by atoms with Crippen molar-refractivity contribution in [2.75, 3.05) is 31.1 Å². The fourth-order valence-corrected chi connectivity index (χ4v) is 3.35. The van der Waals surface area contributed by atoms with E-state index in [1.54, 1.807) is 4.90 Å². The number of piperazine rings is 1. The van der Waals surface area contributed by atoms with Gasteiger partial charge in [0.25, 0.3) is 0 Å². The highest BCUT2D eigenvalue weighted by Gasteiger charge is 2.26. The maximum atomic E-state index is 12.2. The molecule has 1 aliphatic rings. The number of anilines is 1. The highest BCUT2D eigenvalue weighted by atomic mass is 16.6. The highest BCUT2D eigenvalue weighted by molar-refractivity contribution is 5.83. The zero-order valence-corrected chi connectivity index (χ0v) is 17.5. The Morgan fingerprint density at radius 2 is 1.67 bits per heavy atom. The van der Waals surface area contributed by atoms with Crippen molar-refractivity contribution in [3.8, 4) is 11.6 Å². The third-order valence-electron chi connectivity index (χ3n) is 4.83. The quantitative estimate of drug-likeness (QED) is 0.639. The first-order valence-corrected chi connectivity index (χ1v) is 10.1. The van der Waals surface area contributed by atoms with Gasteiger partial charge in [-0.2, -0.15) is 0 Å². The Labute approximate surface area is 176 Å². The van der Waals surface area contributed by atoms with Crippen LogP contribution in [0.1, 0.15) is 20.8 Å². The molecule has 0 atom stereocenters. The third kappa shape index (κ3) is 4.79. The molecular formula is C23H26N4O3. The third-order valence-corrected chi connectivity index (χ3v) is 4.83. The first kappa shape index (κ1) is 19.9. The number of rotatable bonds is 3. The van der Waals surface area contributed by atoms with E-state index in [4.69, 9.17) is 9.47 Å². The Kier molecular flexibility index (Phi) is 5.44. The summed E-state index contributed by atoms with van der Waals surface area (Å²) in [5.74, 6) is 2.00. The van der Waals surface area contributed by atoms with E-state index < -0.39 is 5.60 Å². The summed E-state index contributed by atoms with van der Waals surface area (Å²) >= 11 is 0. The van der Waals surface area contributed by atoms with Gasteiger partial charge in [-0.1, -0.05) is 30.3 Å². The number of carbonyl (C=O) groups excluding carboxylic acids is 1. The molecule has 0 saturated carbocycles. The number of nitrogens with zero attached hydrogens (tertiary/aromatic N) is 4. The minimum absolute atomic E-state index is 0.273. The fourth-order valence-electron chi connectivity index (χ4n) is 3.35. The molecule has 0 unspecified atom stereocenters. The van der Waals surface area contributed by atoms with Crippen molar-refractivity contribution in [2.45, 2.75) is 26.4 Å². The fraction of sp³-hybridized carbons (Fsp3) is 0.348. The van der Waals surface area contributed by atoms with Crippen LogP contribution in [0.3, 0.4) is 0 Å². The lowest BCUT2D eigenvalue weighted by molar-refractivity contribution is 0.0240. The summed E-state index contributed by atoms with van der Waals surface area (Å²) in [4.78, 5) is 24.7. The number of amides is 1. The van der Waals surface area contributed by atoms with Gasteiger partial charge in [-0.3, -0.25) is 0 Å². The molecule has 0 aliphatic carbocycles. The SMILES string of the molecule is CC(C)(C)OC(=O)N1CCN(c2cc(Oc3ccc4ccccc4c3)ncn2)CC1. The van der Waals surface area contributed by atoms with Crippen molar-refractivity contribution in [1.29, 1.82) is 0 Å². The minimum atomic E-state index is -0.490. The first-order valence-electron chi connectivity index (χ1n) is 10.1. The monoisotopic (exact) mass is 406 g/mol. The van der Waals surface area contributed by atoms with E-state index in [1.165, 1.54) is 6.33 Å². The van der Waals surface area contributed by atoms with E-state index in [1.807, 2.05) is 57.2 Å². The maximum Gasteiger partial charge on any atom is 0.410 e. The average molecular weight is 406 g/mol. The number of hydrogen-bond acceptors (Lipinski definition) is 6. The van der Waals surface area contributed by atoms with E-state index in [0.717, 1.165) is 22.3 Å². The molecule has 1 aliphatic heterocycles. The van der Waals surface area contributed by atoms with Gasteiger partial charge >= 0.3 is 6.09 Å². The van der Waals surface area contributed by atoms with Crippen LogP contribution in [0.2, 0.25) is 0 Å². The van der Waals surface area contributed by atoms with E-state index >= 15 is 0 Å². The van der Waals surface area contributed by atoms with Crippen LogP contribution in [0.25, 0.3) is 10.8 Å². The summed E-state index contributed by atoms with van der Waals surface area (Å²) in [6, 6.07) is 15.9. The molecular weight excluding hydrogens is 380 g/mol. The average Bonchev–Trinajstić information content (AvgIpc) is 2.73. The molecule has 0 spiro atoms. The number of ether oxygens (including phenoxy) is 2. The normalized spacial score (nSPS) is 14.6. The van der Waals surface area contributed by atoms with E-state index in [2.05, 4.69) is 27.0 Å². The molecule has 3 aromatic rings. The maximum absolute atomic E-state index is 12.2. The van der Waals surface area contributed by atoms with Crippen molar-refractivity contribution in [3.05, 3.63) is 54.9 Å². The Bertz CT molecular complexity index is 1040. The van der Waals surface area contributed by atoms with Crippen LogP contribution in [-0.4, -0.2) is 52.7 Å². The molecule has 1 saturated heterocycles. The van der Waals surface area contributed by atoms with Crippen LogP contribution in [0.4, 0.5) is 10.6 Å². The summed E-state index contributed by atoms with van der Waals surface area (Å²) in [7, 11) is 0. The van der Waals surface area contributed by atoms with Crippen LogP contribution < -0.4 is 9.64 Å². The molecule has 0 radical (unpaired) electrons. The van der Waals surface area contributed by atoms with Gasteiger partial charge in [-0.05, 0) is 43.7 Å². The number of aromatic nitrogens is 2. The zero-order valence-electron chi connectivity index (χ0n) is 17.5. The lowest BCUT2D eigenvalue weighted by Gasteiger charge is -2.36. The number of fused-ring (bicyclic) bond motifs is 1. The lowest BCUT2D eigenvalue weighted by atomic mass is 10.1. The number of hydrogen-bond donors (Lipinski definition) is 0. The molecule has 2 heterocycles. The second kappa shape index (κ2) is 8.18. The molecule has 7 nitrogen and oxygen atoms in total. The van der Waals surface area contributed by atoms with Gasteiger partial charge in [0, 0.05) is 32.2 Å². The molecule has 4 rings (SSSR count). The van der Waals surface area contributed by atoms with Gasteiger partial charge < -0.3 is 19.3 Å². The van der Waals surface area contributed by atoms with E-state index in [9.17, 15) is 4.79 Å². The Morgan fingerprint density at radius 3 is 2.40 bits per heavy atom. The molecule has 0 N–H and O–H groups in total. The first-order chi connectivity index (χ1) is 14.4. The molecule has 1 amide bonds. The van der Waals surface area contributed by atoms with Crippen molar-refractivity contribution >= 4 is 22.7 Å². The Balaban J connectivity index is 1.40. The summed E-state index contributed by atoms with van der Waals surface area (Å²) in [6.45, 7) is 8.13.